The summed E-state index contributed by atoms with van der Waals surface area (Å²) < 4.78 is 4.62. The molecule has 0 amide bonds. The number of fused-ring (bicyclic) bond motifs is 1. The lowest BCUT2D eigenvalue weighted by Gasteiger charge is -2.01. The van der Waals surface area contributed by atoms with Crippen LogP contribution in [-0.2, 0) is 16.0 Å². The molecule has 19 heavy (non-hydrogen) atoms. The highest BCUT2D eigenvalue weighted by molar-refractivity contribution is 7.99. The normalized spacial score (nSPS) is 10.8. The van der Waals surface area contributed by atoms with Gasteiger partial charge in [0, 0.05) is 22.4 Å². The number of nitrogens with zero attached hydrogens (tertiary/aromatic N) is 2. The van der Waals surface area contributed by atoms with Gasteiger partial charge >= 0.3 is 5.97 Å². The summed E-state index contributed by atoms with van der Waals surface area (Å²) in [6.07, 6.45) is 3.89. The molecule has 0 aliphatic rings. The smallest absolute Gasteiger partial charge is 0.305 e. The van der Waals surface area contributed by atoms with Crippen LogP contribution in [0.25, 0.3) is 10.2 Å². The van der Waals surface area contributed by atoms with Crippen LogP contribution in [0.1, 0.15) is 24.6 Å². The minimum Gasteiger partial charge on any atom is -0.469 e. The van der Waals surface area contributed by atoms with Gasteiger partial charge in [-0.05, 0) is 18.9 Å². The summed E-state index contributed by atoms with van der Waals surface area (Å²) in [5, 5.41) is 2.14. The molecule has 0 saturated heterocycles. The Labute approximate surface area is 120 Å². The van der Waals surface area contributed by atoms with Crippen molar-refractivity contribution in [3.05, 3.63) is 17.3 Å². The molecule has 0 aliphatic heterocycles. The van der Waals surface area contributed by atoms with Gasteiger partial charge in [-0.1, -0.05) is 6.92 Å². The van der Waals surface area contributed by atoms with E-state index in [1.165, 1.54) is 12.0 Å². The fourth-order valence-corrected chi connectivity index (χ4v) is 3.57. The first-order valence-corrected chi connectivity index (χ1v) is 7.97. The van der Waals surface area contributed by atoms with Gasteiger partial charge in [-0.3, -0.25) is 4.79 Å². The molecular formula is C13H16N2O2S2. The number of carbonyl (C=O) groups excluding carboxylic acids is 1. The maximum Gasteiger partial charge on any atom is 0.305 e. The zero-order valence-electron chi connectivity index (χ0n) is 11.0. The molecule has 0 N–H and O–H groups in total. The van der Waals surface area contributed by atoms with Crippen LogP contribution in [0.2, 0.25) is 0 Å². The van der Waals surface area contributed by atoms with Crippen LogP contribution < -0.4 is 0 Å². The highest BCUT2D eigenvalue weighted by Crippen LogP contribution is 2.31. The largest absolute Gasteiger partial charge is 0.469 e. The molecule has 102 valence electrons. The highest BCUT2D eigenvalue weighted by Gasteiger charge is 2.08. The summed E-state index contributed by atoms with van der Waals surface area (Å²) in [7, 11) is 1.42. The highest BCUT2D eigenvalue weighted by atomic mass is 32.2. The molecule has 0 atom stereocenters. The van der Waals surface area contributed by atoms with Gasteiger partial charge in [0.2, 0.25) is 0 Å². The van der Waals surface area contributed by atoms with Crippen molar-refractivity contribution in [2.45, 2.75) is 31.2 Å². The number of ether oxygens (including phenoxy) is 1. The molecule has 2 aromatic heterocycles. The van der Waals surface area contributed by atoms with Gasteiger partial charge in [0.15, 0.2) is 0 Å². The van der Waals surface area contributed by atoms with E-state index in [0.29, 0.717) is 6.42 Å². The van der Waals surface area contributed by atoms with E-state index < -0.39 is 0 Å². The maximum atomic E-state index is 11.0. The van der Waals surface area contributed by atoms with Crippen molar-refractivity contribution < 1.29 is 9.53 Å². The molecule has 2 rings (SSSR count). The maximum absolute atomic E-state index is 11.0. The van der Waals surface area contributed by atoms with E-state index in [4.69, 9.17) is 0 Å². The number of methoxy groups -OCH3 is 1. The Kier molecular flexibility index (Phi) is 5.15. The van der Waals surface area contributed by atoms with Crippen molar-refractivity contribution in [2.75, 3.05) is 12.9 Å². The van der Waals surface area contributed by atoms with E-state index in [1.807, 2.05) is 0 Å². The molecule has 0 aliphatic carbocycles. The van der Waals surface area contributed by atoms with Crippen molar-refractivity contribution in [3.8, 4) is 0 Å². The van der Waals surface area contributed by atoms with Gasteiger partial charge in [-0.15, -0.1) is 23.1 Å². The Morgan fingerprint density at radius 2 is 2.32 bits per heavy atom. The number of aryl methyl sites for hydroxylation is 1. The first kappa shape index (κ1) is 14.3. The number of hydrogen-bond donors (Lipinski definition) is 0. The first-order valence-electron chi connectivity index (χ1n) is 6.17. The monoisotopic (exact) mass is 296 g/mol. The molecule has 2 heterocycles. The molecule has 0 bridgehead atoms. The van der Waals surface area contributed by atoms with Gasteiger partial charge in [0.25, 0.3) is 0 Å². The molecule has 0 spiro atoms. The van der Waals surface area contributed by atoms with Crippen LogP contribution in [-0.4, -0.2) is 28.8 Å². The summed E-state index contributed by atoms with van der Waals surface area (Å²) in [6, 6.07) is 2.17. The number of carbonyl (C=O) groups is 1. The lowest BCUT2D eigenvalue weighted by atomic mass is 10.3. The minimum atomic E-state index is -0.155. The quantitative estimate of drug-likeness (QED) is 0.354. The summed E-state index contributed by atoms with van der Waals surface area (Å²) in [4.78, 5) is 22.0. The molecule has 0 unspecified atom stereocenters. The van der Waals surface area contributed by atoms with Gasteiger partial charge in [-0.25, -0.2) is 9.97 Å². The van der Waals surface area contributed by atoms with E-state index in [1.54, 1.807) is 29.4 Å². The Bertz CT molecular complexity index is 569. The summed E-state index contributed by atoms with van der Waals surface area (Å²) in [5.41, 5.74) is 0. The van der Waals surface area contributed by atoms with E-state index in [9.17, 15) is 4.79 Å². The first-order chi connectivity index (χ1) is 9.24. The Hall–Kier alpha value is -1.14. The third-order valence-corrected chi connectivity index (χ3v) is 4.96. The average molecular weight is 296 g/mol. The third-order valence-electron chi connectivity index (χ3n) is 2.68. The van der Waals surface area contributed by atoms with Crippen molar-refractivity contribution in [3.63, 3.8) is 0 Å². The van der Waals surface area contributed by atoms with Gasteiger partial charge in [-0.2, -0.15) is 0 Å². The third kappa shape index (κ3) is 3.67. The standard InChI is InChI=1S/C13H16N2O2S2/c1-3-9-7-10-12(14-8-15-13(10)19-9)18-6-4-5-11(16)17-2/h7-8H,3-6H2,1-2H3. The van der Waals surface area contributed by atoms with Crippen LogP contribution in [0.15, 0.2) is 17.4 Å². The topological polar surface area (TPSA) is 52.1 Å². The van der Waals surface area contributed by atoms with Gasteiger partial charge < -0.3 is 4.74 Å². The summed E-state index contributed by atoms with van der Waals surface area (Å²) in [6.45, 7) is 2.14. The van der Waals surface area contributed by atoms with E-state index in [-0.39, 0.29) is 5.97 Å². The second-order valence-electron chi connectivity index (χ2n) is 3.99. The predicted molar refractivity (Wildman–Crippen MR) is 78.8 cm³/mol. The number of rotatable bonds is 6. The van der Waals surface area contributed by atoms with Crippen LogP contribution >= 0.6 is 23.1 Å². The Morgan fingerprint density at radius 1 is 1.47 bits per heavy atom. The minimum absolute atomic E-state index is 0.155. The van der Waals surface area contributed by atoms with Crippen molar-refractivity contribution in [2.24, 2.45) is 0 Å². The lowest BCUT2D eigenvalue weighted by molar-refractivity contribution is -0.140. The second-order valence-corrected chi connectivity index (χ2v) is 6.19. The second kappa shape index (κ2) is 6.86. The molecule has 0 fully saturated rings. The molecule has 0 radical (unpaired) electrons. The van der Waals surface area contributed by atoms with Crippen molar-refractivity contribution >= 4 is 39.3 Å². The van der Waals surface area contributed by atoms with Crippen LogP contribution in [0, 0.1) is 0 Å². The van der Waals surface area contributed by atoms with Gasteiger partial charge in [0.1, 0.15) is 16.2 Å². The van der Waals surface area contributed by atoms with Crippen molar-refractivity contribution in [1.82, 2.24) is 9.97 Å². The molecular weight excluding hydrogens is 280 g/mol. The molecule has 6 heteroatoms. The summed E-state index contributed by atoms with van der Waals surface area (Å²) in [5.74, 6) is 0.704. The number of esters is 1. The van der Waals surface area contributed by atoms with Crippen LogP contribution in [0.5, 0.6) is 0 Å². The zero-order chi connectivity index (χ0) is 13.7. The SMILES string of the molecule is CCc1cc2c(SCCCC(=O)OC)ncnc2s1. The molecule has 4 nitrogen and oxygen atoms in total. The molecule has 0 aromatic carbocycles. The number of thioether (sulfide) groups is 1. The number of hydrogen-bond acceptors (Lipinski definition) is 6. The van der Waals surface area contributed by atoms with Crippen molar-refractivity contribution in [1.29, 1.82) is 0 Å². The van der Waals surface area contributed by atoms with E-state index in [0.717, 1.165) is 33.8 Å². The Balaban J connectivity index is 2.00. The number of aromatic nitrogens is 2. The Morgan fingerprint density at radius 3 is 3.05 bits per heavy atom. The predicted octanol–water partition coefficient (Wildman–Crippen LogP) is 3.30. The number of thiophene rings is 1. The van der Waals surface area contributed by atoms with Gasteiger partial charge in [0.05, 0.1) is 7.11 Å². The average Bonchev–Trinajstić information content (AvgIpc) is 2.87. The summed E-state index contributed by atoms with van der Waals surface area (Å²) >= 11 is 3.39. The van der Waals surface area contributed by atoms with E-state index in [2.05, 4.69) is 27.7 Å². The van der Waals surface area contributed by atoms with E-state index >= 15 is 0 Å². The fraction of sp³-hybridized carbons (Fsp3) is 0.462. The van der Waals surface area contributed by atoms with Crippen LogP contribution in [0.4, 0.5) is 0 Å². The fourth-order valence-electron chi connectivity index (χ4n) is 1.66. The lowest BCUT2D eigenvalue weighted by Crippen LogP contribution is -2.00. The zero-order valence-corrected chi connectivity index (χ0v) is 12.6. The van der Waals surface area contributed by atoms with Crippen LogP contribution in [0.3, 0.4) is 0 Å². The molecule has 0 saturated carbocycles. The molecule has 2 aromatic rings.